The highest BCUT2D eigenvalue weighted by Crippen LogP contribution is 2.38. The molecule has 3 rings (SSSR count). The summed E-state index contributed by atoms with van der Waals surface area (Å²) in [6, 6.07) is 18.3. The van der Waals surface area contributed by atoms with Crippen molar-refractivity contribution in [3.8, 4) is 5.75 Å². The minimum Gasteiger partial charge on any atom is -0.503 e. The molecule has 0 saturated heterocycles. The van der Waals surface area contributed by atoms with E-state index in [1.54, 1.807) is 60.7 Å². The highest BCUT2D eigenvalue weighted by molar-refractivity contribution is 7.86. The molecule has 0 spiro atoms. The van der Waals surface area contributed by atoms with Crippen LogP contribution in [0.3, 0.4) is 0 Å². The Balaban J connectivity index is 1.83. The molecule has 0 aliphatic carbocycles. The van der Waals surface area contributed by atoms with Crippen LogP contribution in [0, 0.1) is 0 Å². The van der Waals surface area contributed by atoms with Crippen LogP contribution in [0.25, 0.3) is 0 Å². The van der Waals surface area contributed by atoms with Crippen molar-refractivity contribution in [2.24, 2.45) is 0 Å². The molecule has 0 saturated carbocycles. The Bertz CT molecular complexity index is 1380. The third-order valence-electron chi connectivity index (χ3n) is 5.82. The minimum atomic E-state index is -3.97. The molecule has 210 valence electrons. The summed E-state index contributed by atoms with van der Waals surface area (Å²) in [5.41, 5.74) is -2.04. The summed E-state index contributed by atoms with van der Waals surface area (Å²) in [6.45, 7) is 6.72. The standard InChI is InChI=1S/C27H34N2O8SSi/c1-38(33,34)37-27(21-11-7-5-8-12-21,22-13-9-6-10-14-22)15-16-36-26(32)24-25(31)23(30)19-29(28-24)20-35-17-18-39(2,3)4/h5-14,19,30H,15-18,20H2,1-4H3. The van der Waals surface area contributed by atoms with Crippen molar-refractivity contribution >= 4 is 24.2 Å². The van der Waals surface area contributed by atoms with Gasteiger partial charge < -0.3 is 14.6 Å². The van der Waals surface area contributed by atoms with Crippen LogP contribution in [-0.4, -0.2) is 56.8 Å². The minimum absolute atomic E-state index is 0.0636. The monoisotopic (exact) mass is 574 g/mol. The fourth-order valence-electron chi connectivity index (χ4n) is 3.88. The fraction of sp³-hybridized carbons (Fsp3) is 0.370. The average Bonchev–Trinajstić information content (AvgIpc) is 2.87. The van der Waals surface area contributed by atoms with Crippen LogP contribution in [0.5, 0.6) is 5.75 Å². The zero-order valence-corrected chi connectivity index (χ0v) is 24.3. The van der Waals surface area contributed by atoms with Gasteiger partial charge in [0.1, 0.15) is 12.3 Å². The predicted molar refractivity (Wildman–Crippen MR) is 149 cm³/mol. The van der Waals surface area contributed by atoms with E-state index in [0.717, 1.165) is 23.2 Å². The second-order valence-electron chi connectivity index (χ2n) is 10.3. The van der Waals surface area contributed by atoms with Crippen LogP contribution in [0.2, 0.25) is 25.7 Å². The van der Waals surface area contributed by atoms with Crippen molar-refractivity contribution in [2.45, 2.75) is 44.4 Å². The third-order valence-corrected chi connectivity index (χ3v) is 8.11. The van der Waals surface area contributed by atoms with E-state index in [-0.39, 0.29) is 19.8 Å². The zero-order chi connectivity index (χ0) is 28.7. The molecule has 3 aromatic rings. The number of esters is 1. The van der Waals surface area contributed by atoms with Gasteiger partial charge in [0.15, 0.2) is 5.75 Å². The molecule has 0 unspecified atom stereocenters. The van der Waals surface area contributed by atoms with Crippen molar-refractivity contribution in [1.29, 1.82) is 0 Å². The molecular formula is C27H34N2O8SSi. The zero-order valence-electron chi connectivity index (χ0n) is 22.5. The number of ether oxygens (including phenoxy) is 2. The summed E-state index contributed by atoms with van der Waals surface area (Å²) in [4.78, 5) is 25.3. The number of benzene rings is 2. The summed E-state index contributed by atoms with van der Waals surface area (Å²) in [7, 11) is -5.28. The predicted octanol–water partition coefficient (Wildman–Crippen LogP) is 3.73. The first-order chi connectivity index (χ1) is 18.3. The number of aromatic nitrogens is 2. The van der Waals surface area contributed by atoms with E-state index in [4.69, 9.17) is 13.7 Å². The number of carbonyl (C=O) groups excluding carboxylic acids is 1. The van der Waals surface area contributed by atoms with E-state index in [2.05, 4.69) is 24.7 Å². The van der Waals surface area contributed by atoms with Crippen LogP contribution in [-0.2, 0) is 36.1 Å². The first-order valence-corrected chi connectivity index (χ1v) is 17.9. The van der Waals surface area contributed by atoms with Crippen LogP contribution < -0.4 is 5.43 Å². The Morgan fingerprint density at radius 3 is 2.08 bits per heavy atom. The average molecular weight is 575 g/mol. The Morgan fingerprint density at radius 1 is 1.00 bits per heavy atom. The molecule has 39 heavy (non-hydrogen) atoms. The smallest absolute Gasteiger partial charge is 0.363 e. The number of nitrogens with zero attached hydrogens (tertiary/aromatic N) is 2. The SMILES string of the molecule is C[Si](C)(C)CCOCn1cc(O)c(=O)c(C(=O)OCCC(OS(C)(=O)=O)(c2ccccc2)c2ccccc2)n1. The van der Waals surface area contributed by atoms with E-state index in [0.29, 0.717) is 17.7 Å². The molecule has 0 fully saturated rings. The van der Waals surface area contributed by atoms with E-state index in [1.807, 2.05) is 0 Å². The van der Waals surface area contributed by atoms with Crippen molar-refractivity contribution in [3.05, 3.63) is 93.9 Å². The molecule has 0 aliphatic heterocycles. The lowest BCUT2D eigenvalue weighted by Crippen LogP contribution is -2.35. The molecule has 1 heterocycles. The lowest BCUT2D eigenvalue weighted by molar-refractivity contribution is 0.0332. The molecule has 2 aromatic carbocycles. The number of hydrogen-bond donors (Lipinski definition) is 1. The summed E-state index contributed by atoms with van der Waals surface area (Å²) >= 11 is 0. The van der Waals surface area contributed by atoms with Gasteiger partial charge in [-0.1, -0.05) is 80.3 Å². The van der Waals surface area contributed by atoms with Gasteiger partial charge in [0, 0.05) is 21.1 Å². The fourth-order valence-corrected chi connectivity index (χ4v) is 5.43. The van der Waals surface area contributed by atoms with Gasteiger partial charge in [0.25, 0.3) is 15.5 Å². The molecular weight excluding hydrogens is 540 g/mol. The van der Waals surface area contributed by atoms with Gasteiger partial charge in [-0.3, -0.25) is 8.98 Å². The van der Waals surface area contributed by atoms with Gasteiger partial charge in [0.05, 0.1) is 19.1 Å². The van der Waals surface area contributed by atoms with E-state index in [9.17, 15) is 23.1 Å². The number of rotatable bonds is 13. The summed E-state index contributed by atoms with van der Waals surface area (Å²) in [6.07, 6.45) is 1.95. The highest BCUT2D eigenvalue weighted by Gasteiger charge is 2.39. The molecule has 0 bridgehead atoms. The lowest BCUT2D eigenvalue weighted by Gasteiger charge is -2.33. The van der Waals surface area contributed by atoms with E-state index < -0.39 is 46.6 Å². The molecule has 0 atom stereocenters. The van der Waals surface area contributed by atoms with E-state index >= 15 is 0 Å². The van der Waals surface area contributed by atoms with Gasteiger partial charge in [-0.15, -0.1) is 0 Å². The van der Waals surface area contributed by atoms with Gasteiger partial charge in [-0.25, -0.2) is 9.48 Å². The van der Waals surface area contributed by atoms with Gasteiger partial charge in [0.2, 0.25) is 5.69 Å². The topological polar surface area (TPSA) is 134 Å². The largest absolute Gasteiger partial charge is 0.503 e. The number of hydrogen-bond acceptors (Lipinski definition) is 9. The molecule has 1 aromatic heterocycles. The second-order valence-corrected chi connectivity index (χ2v) is 17.5. The molecule has 10 nitrogen and oxygen atoms in total. The Morgan fingerprint density at radius 2 is 1.56 bits per heavy atom. The number of carbonyl (C=O) groups is 1. The molecule has 0 amide bonds. The molecule has 1 N–H and O–H groups in total. The van der Waals surface area contributed by atoms with Crippen LogP contribution in [0.15, 0.2) is 71.7 Å². The molecule has 12 heteroatoms. The maximum absolute atomic E-state index is 12.9. The molecule has 0 aliphatic rings. The maximum Gasteiger partial charge on any atom is 0.363 e. The summed E-state index contributed by atoms with van der Waals surface area (Å²) in [5, 5.41) is 14.1. The van der Waals surface area contributed by atoms with E-state index in [1.165, 1.54) is 0 Å². The van der Waals surface area contributed by atoms with Gasteiger partial charge >= 0.3 is 5.97 Å². The lowest BCUT2D eigenvalue weighted by atomic mass is 9.84. The normalized spacial score (nSPS) is 12.3. The third kappa shape index (κ3) is 8.58. The first-order valence-electron chi connectivity index (χ1n) is 12.4. The Labute approximate surface area is 229 Å². The first kappa shape index (κ1) is 30.2. The Kier molecular flexibility index (Phi) is 9.83. The van der Waals surface area contributed by atoms with Crippen molar-refractivity contribution in [2.75, 3.05) is 19.5 Å². The molecule has 0 radical (unpaired) electrons. The van der Waals surface area contributed by atoms with Gasteiger partial charge in [-0.05, 0) is 17.2 Å². The number of aromatic hydroxyl groups is 1. The highest BCUT2D eigenvalue weighted by atomic mass is 32.2. The quantitative estimate of drug-likeness (QED) is 0.140. The van der Waals surface area contributed by atoms with Crippen LogP contribution >= 0.6 is 0 Å². The van der Waals surface area contributed by atoms with Crippen molar-refractivity contribution in [1.82, 2.24) is 9.78 Å². The van der Waals surface area contributed by atoms with Crippen LogP contribution in [0.1, 0.15) is 28.0 Å². The summed E-state index contributed by atoms with van der Waals surface area (Å²) in [5.74, 6) is -1.74. The van der Waals surface area contributed by atoms with Crippen LogP contribution in [0.4, 0.5) is 0 Å². The van der Waals surface area contributed by atoms with Crippen molar-refractivity contribution < 1.29 is 32.0 Å². The van der Waals surface area contributed by atoms with Gasteiger partial charge in [-0.2, -0.15) is 13.5 Å². The maximum atomic E-state index is 12.9. The summed E-state index contributed by atoms with van der Waals surface area (Å²) < 4.78 is 42.5. The Hall–Kier alpha value is -3.32. The second kappa shape index (κ2) is 12.7. The van der Waals surface area contributed by atoms with Crippen molar-refractivity contribution in [3.63, 3.8) is 0 Å².